The molecule has 0 saturated heterocycles. The molecule has 1 aromatic heterocycles. The third kappa shape index (κ3) is 2.28. The van der Waals surface area contributed by atoms with Crippen LogP contribution in [0.25, 0.3) is 11.0 Å². The molecule has 0 atom stereocenters. The molecule has 5 nitrogen and oxygen atoms in total. The van der Waals surface area contributed by atoms with Crippen LogP contribution in [0.3, 0.4) is 0 Å². The number of hydrogen-bond acceptors (Lipinski definition) is 2. The van der Waals surface area contributed by atoms with E-state index in [0.717, 1.165) is 17.5 Å². The molecule has 1 aliphatic carbocycles. The van der Waals surface area contributed by atoms with Gasteiger partial charge in [-0.05, 0) is 30.5 Å². The summed E-state index contributed by atoms with van der Waals surface area (Å²) in [7, 11) is 0. The van der Waals surface area contributed by atoms with E-state index in [0.29, 0.717) is 12.6 Å². The number of guanidine groups is 1. The van der Waals surface area contributed by atoms with E-state index < -0.39 is 0 Å². The van der Waals surface area contributed by atoms with Crippen LogP contribution in [0.4, 0.5) is 0 Å². The van der Waals surface area contributed by atoms with E-state index in [2.05, 4.69) is 34.7 Å². The summed E-state index contributed by atoms with van der Waals surface area (Å²) in [6.07, 6.45) is 3.51. The average Bonchev–Trinajstić information content (AvgIpc) is 3.16. The Balaban J connectivity index is 2.01. The van der Waals surface area contributed by atoms with Gasteiger partial charge in [-0.1, -0.05) is 13.0 Å². The van der Waals surface area contributed by atoms with Gasteiger partial charge in [0.2, 0.25) is 0 Å². The van der Waals surface area contributed by atoms with E-state index in [1.165, 1.54) is 24.2 Å². The fourth-order valence-corrected chi connectivity index (χ4v) is 2.46. The Bertz CT molecular complexity index is 633. The Morgan fingerprint density at radius 1 is 1.42 bits per heavy atom. The van der Waals surface area contributed by atoms with Crippen molar-refractivity contribution in [1.82, 2.24) is 9.55 Å². The highest BCUT2D eigenvalue weighted by molar-refractivity contribution is 5.78. The molecular formula is C14H19N5. The number of fused-ring (bicyclic) bond motifs is 1. The highest BCUT2D eigenvalue weighted by atomic mass is 15.1. The number of hydrogen-bond donors (Lipinski definition) is 2. The topological polar surface area (TPSA) is 82.2 Å². The van der Waals surface area contributed by atoms with Crippen LogP contribution in [0.15, 0.2) is 23.2 Å². The fraction of sp³-hybridized carbons (Fsp3) is 0.429. The Hall–Kier alpha value is -2.04. The van der Waals surface area contributed by atoms with Crippen LogP contribution in [-0.2, 0) is 13.0 Å². The van der Waals surface area contributed by atoms with Gasteiger partial charge < -0.3 is 16.0 Å². The summed E-state index contributed by atoms with van der Waals surface area (Å²) < 4.78 is 2.39. The highest BCUT2D eigenvalue weighted by Crippen LogP contribution is 2.38. The maximum Gasteiger partial charge on any atom is 0.186 e. The van der Waals surface area contributed by atoms with E-state index in [9.17, 15) is 0 Å². The number of aromatic nitrogens is 2. The van der Waals surface area contributed by atoms with Gasteiger partial charge in [0.15, 0.2) is 5.96 Å². The molecule has 1 heterocycles. The number of aliphatic imine (C=N–C) groups is 1. The quantitative estimate of drug-likeness (QED) is 0.646. The normalized spacial score (nSPS) is 14.8. The number of rotatable bonds is 4. The van der Waals surface area contributed by atoms with Gasteiger partial charge in [-0.2, -0.15) is 0 Å². The second-order valence-corrected chi connectivity index (χ2v) is 5.05. The van der Waals surface area contributed by atoms with Gasteiger partial charge in [-0.3, -0.25) is 0 Å². The zero-order valence-corrected chi connectivity index (χ0v) is 11.1. The standard InChI is InChI=1S/C14H19N5/c1-2-13-18-11-7-9(8-17-14(15)16)3-6-12(11)19(13)10-4-5-10/h3,6-7,10H,2,4-5,8H2,1H3,(H4,15,16,17). The summed E-state index contributed by atoms with van der Waals surface area (Å²) in [6.45, 7) is 2.66. The lowest BCUT2D eigenvalue weighted by Gasteiger charge is -2.05. The lowest BCUT2D eigenvalue weighted by Crippen LogP contribution is -2.22. The molecule has 19 heavy (non-hydrogen) atoms. The molecule has 1 aliphatic rings. The number of imidazole rings is 1. The van der Waals surface area contributed by atoms with Crippen molar-refractivity contribution in [3.63, 3.8) is 0 Å². The van der Waals surface area contributed by atoms with Crippen LogP contribution in [0.5, 0.6) is 0 Å². The van der Waals surface area contributed by atoms with Crippen molar-refractivity contribution in [2.45, 2.75) is 38.8 Å². The molecule has 4 N–H and O–H groups in total. The molecule has 0 amide bonds. The molecule has 3 rings (SSSR count). The molecule has 0 aliphatic heterocycles. The first kappa shape index (κ1) is 12.0. The van der Waals surface area contributed by atoms with Crippen molar-refractivity contribution in [2.24, 2.45) is 16.5 Å². The van der Waals surface area contributed by atoms with E-state index in [1.807, 2.05) is 0 Å². The largest absolute Gasteiger partial charge is 0.370 e. The lowest BCUT2D eigenvalue weighted by atomic mass is 10.2. The summed E-state index contributed by atoms with van der Waals surface area (Å²) in [4.78, 5) is 8.77. The van der Waals surface area contributed by atoms with Crippen molar-refractivity contribution in [1.29, 1.82) is 0 Å². The van der Waals surface area contributed by atoms with Gasteiger partial charge >= 0.3 is 0 Å². The van der Waals surface area contributed by atoms with E-state index in [1.54, 1.807) is 0 Å². The molecule has 0 radical (unpaired) electrons. The monoisotopic (exact) mass is 257 g/mol. The first-order valence-electron chi connectivity index (χ1n) is 6.74. The number of nitrogens with two attached hydrogens (primary N) is 2. The van der Waals surface area contributed by atoms with Gasteiger partial charge in [0, 0.05) is 12.5 Å². The summed E-state index contributed by atoms with van der Waals surface area (Å²) >= 11 is 0. The second kappa shape index (κ2) is 4.57. The third-order valence-corrected chi connectivity index (χ3v) is 3.50. The Morgan fingerprint density at radius 2 is 2.21 bits per heavy atom. The van der Waals surface area contributed by atoms with Crippen molar-refractivity contribution in [3.8, 4) is 0 Å². The van der Waals surface area contributed by atoms with E-state index in [-0.39, 0.29) is 5.96 Å². The molecule has 0 bridgehead atoms. The summed E-state index contributed by atoms with van der Waals surface area (Å²) in [6, 6.07) is 6.95. The average molecular weight is 257 g/mol. The maximum atomic E-state index is 5.36. The molecule has 1 aromatic carbocycles. The molecular weight excluding hydrogens is 238 g/mol. The van der Waals surface area contributed by atoms with Crippen LogP contribution in [0.2, 0.25) is 0 Å². The summed E-state index contributed by atoms with van der Waals surface area (Å²) in [5.74, 6) is 1.30. The highest BCUT2D eigenvalue weighted by Gasteiger charge is 2.27. The molecule has 5 heteroatoms. The predicted molar refractivity (Wildman–Crippen MR) is 76.9 cm³/mol. The van der Waals surface area contributed by atoms with Crippen LogP contribution >= 0.6 is 0 Å². The minimum absolute atomic E-state index is 0.123. The number of nitrogens with zero attached hydrogens (tertiary/aromatic N) is 3. The molecule has 1 fully saturated rings. The van der Waals surface area contributed by atoms with Crippen molar-refractivity contribution < 1.29 is 0 Å². The fourth-order valence-electron chi connectivity index (χ4n) is 2.46. The van der Waals surface area contributed by atoms with E-state index in [4.69, 9.17) is 16.5 Å². The SMILES string of the molecule is CCc1nc2cc(CN=C(N)N)ccc2n1C1CC1. The first-order valence-corrected chi connectivity index (χ1v) is 6.74. The van der Waals surface area contributed by atoms with Gasteiger partial charge in [0.25, 0.3) is 0 Å². The molecule has 1 saturated carbocycles. The second-order valence-electron chi connectivity index (χ2n) is 5.05. The van der Waals surface area contributed by atoms with Crippen LogP contribution in [-0.4, -0.2) is 15.5 Å². The van der Waals surface area contributed by atoms with Crippen LogP contribution in [0, 0.1) is 0 Å². The van der Waals surface area contributed by atoms with Crippen molar-refractivity contribution in [3.05, 3.63) is 29.6 Å². The first-order chi connectivity index (χ1) is 9.19. The maximum absolute atomic E-state index is 5.36. The Morgan fingerprint density at radius 3 is 2.84 bits per heavy atom. The van der Waals surface area contributed by atoms with Gasteiger partial charge in [-0.25, -0.2) is 9.98 Å². The van der Waals surface area contributed by atoms with Gasteiger partial charge in [0.05, 0.1) is 17.6 Å². The summed E-state index contributed by atoms with van der Waals surface area (Å²) in [5.41, 5.74) is 14.1. The van der Waals surface area contributed by atoms with Crippen LogP contribution < -0.4 is 11.5 Å². The zero-order valence-electron chi connectivity index (χ0n) is 11.1. The number of benzene rings is 1. The lowest BCUT2D eigenvalue weighted by molar-refractivity contribution is 0.708. The van der Waals surface area contributed by atoms with Gasteiger partial charge in [0.1, 0.15) is 5.82 Å². The predicted octanol–water partition coefficient (Wildman–Crippen LogP) is 1.71. The van der Waals surface area contributed by atoms with Crippen molar-refractivity contribution >= 4 is 17.0 Å². The molecule has 2 aromatic rings. The minimum Gasteiger partial charge on any atom is -0.370 e. The van der Waals surface area contributed by atoms with E-state index >= 15 is 0 Å². The van der Waals surface area contributed by atoms with Crippen molar-refractivity contribution in [2.75, 3.05) is 0 Å². The molecule has 100 valence electrons. The third-order valence-electron chi connectivity index (χ3n) is 3.50. The minimum atomic E-state index is 0.123. The molecule has 0 unspecified atom stereocenters. The smallest absolute Gasteiger partial charge is 0.186 e. The summed E-state index contributed by atoms with van der Waals surface area (Å²) in [5, 5.41) is 0. The van der Waals surface area contributed by atoms with Crippen LogP contribution in [0.1, 0.15) is 37.2 Å². The number of aryl methyl sites for hydroxylation is 1. The zero-order chi connectivity index (χ0) is 13.4. The Labute approximate surface area is 112 Å². The van der Waals surface area contributed by atoms with Gasteiger partial charge in [-0.15, -0.1) is 0 Å². The Kier molecular flexibility index (Phi) is 2.89. The molecule has 0 spiro atoms.